The Balaban J connectivity index is 1.96. The van der Waals surface area contributed by atoms with E-state index in [9.17, 15) is 9.90 Å². The van der Waals surface area contributed by atoms with Crippen LogP contribution in [0.1, 0.15) is 18.1 Å². The molecule has 1 aliphatic rings. The monoisotopic (exact) mass is 395 g/mol. The maximum atomic E-state index is 12.5. The zero-order valence-electron chi connectivity index (χ0n) is 14.2. The van der Waals surface area contributed by atoms with Crippen LogP contribution >= 0.6 is 23.8 Å². The lowest BCUT2D eigenvalue weighted by atomic mass is 10.0. The van der Waals surface area contributed by atoms with Crippen molar-refractivity contribution in [3.05, 3.63) is 79.8 Å². The quantitative estimate of drug-likeness (QED) is 0.606. The van der Waals surface area contributed by atoms with Crippen molar-refractivity contribution >= 4 is 46.9 Å². The molecule has 4 rings (SSSR count). The van der Waals surface area contributed by atoms with E-state index < -0.39 is 5.56 Å². The normalized spacial score (nSPS) is 14.3. The van der Waals surface area contributed by atoms with E-state index in [-0.39, 0.29) is 16.2 Å². The maximum Gasteiger partial charge on any atom is 0.262 e. The van der Waals surface area contributed by atoms with Crippen LogP contribution in [0.5, 0.6) is 5.88 Å². The van der Waals surface area contributed by atoms with E-state index in [2.05, 4.69) is 9.98 Å². The second-order valence-corrected chi connectivity index (χ2v) is 6.91. The summed E-state index contributed by atoms with van der Waals surface area (Å²) in [5.41, 5.74) is 3.47. The molecular weight excluding hydrogens is 382 g/mol. The number of hydrogen-bond acceptors (Lipinski definition) is 4. The summed E-state index contributed by atoms with van der Waals surface area (Å²) >= 11 is 11.3. The Labute approximate surface area is 164 Å². The van der Waals surface area contributed by atoms with Gasteiger partial charge in [-0.05, 0) is 49.5 Å². The third-order valence-corrected chi connectivity index (χ3v) is 4.87. The van der Waals surface area contributed by atoms with Crippen molar-refractivity contribution in [2.45, 2.75) is 6.92 Å². The van der Waals surface area contributed by atoms with Gasteiger partial charge < -0.3 is 5.11 Å². The highest BCUT2D eigenvalue weighted by molar-refractivity contribution is 7.71. The van der Waals surface area contributed by atoms with Crippen molar-refractivity contribution in [1.29, 1.82) is 0 Å². The molecule has 1 aliphatic heterocycles. The van der Waals surface area contributed by atoms with Crippen molar-refractivity contribution in [3.8, 4) is 11.6 Å². The molecule has 0 saturated heterocycles. The molecule has 0 aliphatic carbocycles. The predicted octanol–water partition coefficient (Wildman–Crippen LogP) is 4.90. The molecule has 0 fully saturated rings. The fourth-order valence-corrected chi connectivity index (χ4v) is 3.55. The molecule has 5 nitrogen and oxygen atoms in total. The molecular formula is C20H14ClN3O2S. The highest BCUT2D eigenvalue weighted by Gasteiger charge is 2.20. The summed E-state index contributed by atoms with van der Waals surface area (Å²) in [7, 11) is 0. The van der Waals surface area contributed by atoms with Crippen LogP contribution in [0.3, 0.4) is 0 Å². The van der Waals surface area contributed by atoms with Crippen LogP contribution in [0.25, 0.3) is 17.3 Å². The van der Waals surface area contributed by atoms with Crippen molar-refractivity contribution in [2.75, 3.05) is 0 Å². The Morgan fingerprint density at radius 1 is 1.22 bits per heavy atom. The Hall–Kier alpha value is -2.96. The summed E-state index contributed by atoms with van der Waals surface area (Å²) in [5.74, 6) is -0.254. The number of fused-ring (bicyclic) bond motifs is 1. The average Bonchev–Trinajstić information content (AvgIpc) is 2.93. The van der Waals surface area contributed by atoms with Crippen molar-refractivity contribution in [3.63, 3.8) is 0 Å². The van der Waals surface area contributed by atoms with E-state index in [4.69, 9.17) is 23.8 Å². The fraction of sp³-hybridized carbons (Fsp3) is 0.0500. The molecule has 0 unspecified atom stereocenters. The first-order chi connectivity index (χ1) is 13.0. The van der Waals surface area contributed by atoms with Crippen LogP contribution in [-0.2, 0) is 0 Å². The predicted molar refractivity (Wildman–Crippen MR) is 111 cm³/mol. The summed E-state index contributed by atoms with van der Waals surface area (Å²) < 4.78 is 1.46. The fourth-order valence-electron chi connectivity index (χ4n) is 3.08. The van der Waals surface area contributed by atoms with Gasteiger partial charge in [0.25, 0.3) is 5.56 Å². The third kappa shape index (κ3) is 3.03. The number of hydrogen-bond donors (Lipinski definition) is 2. The number of allylic oxidation sites excluding steroid dienone is 1. The summed E-state index contributed by atoms with van der Waals surface area (Å²) in [5, 5.41) is 11.3. The number of aromatic hydroxyl groups is 1. The van der Waals surface area contributed by atoms with Gasteiger partial charge in [-0.1, -0.05) is 35.9 Å². The van der Waals surface area contributed by atoms with E-state index in [0.29, 0.717) is 10.7 Å². The highest BCUT2D eigenvalue weighted by atomic mass is 35.5. The maximum absolute atomic E-state index is 12.5. The second kappa shape index (κ2) is 6.64. The van der Waals surface area contributed by atoms with Gasteiger partial charge in [-0.15, -0.1) is 0 Å². The molecule has 134 valence electrons. The molecule has 27 heavy (non-hydrogen) atoms. The number of aliphatic imine (C=N–C) groups is 1. The van der Waals surface area contributed by atoms with Crippen LogP contribution in [0.2, 0.25) is 5.02 Å². The molecule has 7 heteroatoms. The lowest BCUT2D eigenvalue weighted by Crippen LogP contribution is -2.16. The lowest BCUT2D eigenvalue weighted by Gasteiger charge is -2.12. The molecule has 2 heterocycles. The largest absolute Gasteiger partial charge is 0.494 e. The number of rotatable bonds is 2. The first-order valence-electron chi connectivity index (χ1n) is 8.16. The zero-order chi connectivity index (χ0) is 19.1. The molecule has 0 saturated carbocycles. The van der Waals surface area contributed by atoms with Gasteiger partial charge in [-0.25, -0.2) is 0 Å². The number of nitrogens with one attached hydrogen (secondary N) is 1. The second-order valence-electron chi connectivity index (χ2n) is 6.08. The topological polar surface area (TPSA) is 70.4 Å². The first-order valence-corrected chi connectivity index (χ1v) is 8.95. The number of halogens is 1. The van der Waals surface area contributed by atoms with Crippen LogP contribution in [0, 0.1) is 4.77 Å². The number of aromatic amines is 1. The average molecular weight is 396 g/mol. The lowest BCUT2D eigenvalue weighted by molar-refractivity contribution is 0.432. The van der Waals surface area contributed by atoms with Gasteiger partial charge in [0, 0.05) is 21.9 Å². The molecule has 3 aromatic rings. The molecule has 0 radical (unpaired) electrons. The van der Waals surface area contributed by atoms with E-state index in [0.717, 1.165) is 22.5 Å². The van der Waals surface area contributed by atoms with Crippen molar-refractivity contribution < 1.29 is 5.11 Å². The molecule has 2 aromatic carbocycles. The summed E-state index contributed by atoms with van der Waals surface area (Å²) in [6, 6.07) is 14.5. The van der Waals surface area contributed by atoms with Gasteiger partial charge in [0.05, 0.1) is 11.4 Å². The first kappa shape index (κ1) is 17.5. The van der Waals surface area contributed by atoms with Gasteiger partial charge >= 0.3 is 0 Å². The summed E-state index contributed by atoms with van der Waals surface area (Å²) in [6.07, 6.45) is 1.63. The molecule has 0 spiro atoms. The van der Waals surface area contributed by atoms with Gasteiger partial charge in [0.1, 0.15) is 5.56 Å². The third-order valence-electron chi connectivity index (χ3n) is 4.35. The molecule has 0 atom stereocenters. The standard InChI is InChI=1S/C20H14ClN3O2S/c1-11-15(14-7-2-3-8-17(14)22-11)10-16-18(25)23-20(27)24(19(16)26)13-6-4-5-12(21)9-13/h2-10,26H,1H3,(H,23,25,27)/b15-10-. The Bertz CT molecular complexity index is 1250. The van der Waals surface area contributed by atoms with E-state index >= 15 is 0 Å². The SMILES string of the molecule is CC1=Nc2ccccc2/C1=C\c1c(O)n(-c2cccc(Cl)c2)c(=S)[nH]c1=O. The zero-order valence-corrected chi connectivity index (χ0v) is 15.8. The summed E-state index contributed by atoms with van der Waals surface area (Å²) in [6.45, 7) is 1.86. The van der Waals surface area contributed by atoms with Crippen molar-refractivity contribution in [2.24, 2.45) is 4.99 Å². The number of nitrogens with zero attached hydrogens (tertiary/aromatic N) is 2. The van der Waals surface area contributed by atoms with Gasteiger partial charge in [-0.2, -0.15) is 0 Å². The van der Waals surface area contributed by atoms with Gasteiger partial charge in [0.2, 0.25) is 5.88 Å². The van der Waals surface area contributed by atoms with Crippen LogP contribution in [0.15, 0.2) is 58.3 Å². The Morgan fingerprint density at radius 3 is 2.78 bits per heavy atom. The minimum atomic E-state index is -0.472. The minimum Gasteiger partial charge on any atom is -0.494 e. The van der Waals surface area contributed by atoms with Gasteiger partial charge in [-0.3, -0.25) is 19.3 Å². The van der Waals surface area contributed by atoms with Crippen molar-refractivity contribution in [1.82, 2.24) is 9.55 Å². The minimum absolute atomic E-state index is 0.0825. The van der Waals surface area contributed by atoms with E-state index in [1.54, 1.807) is 30.3 Å². The molecule has 2 N–H and O–H groups in total. The Kier molecular flexibility index (Phi) is 4.30. The van der Waals surface area contributed by atoms with Gasteiger partial charge in [0.15, 0.2) is 4.77 Å². The molecule has 0 bridgehead atoms. The highest BCUT2D eigenvalue weighted by Crippen LogP contribution is 2.36. The number of benzene rings is 2. The van der Waals surface area contributed by atoms with E-state index in [1.165, 1.54) is 4.57 Å². The van der Waals surface area contributed by atoms with E-state index in [1.807, 2.05) is 31.2 Å². The number of para-hydroxylation sites is 1. The molecule has 0 amide bonds. The number of H-pyrrole nitrogens is 1. The van der Waals surface area contributed by atoms with Crippen LogP contribution < -0.4 is 5.56 Å². The smallest absolute Gasteiger partial charge is 0.262 e. The van der Waals surface area contributed by atoms with Crippen LogP contribution in [0.4, 0.5) is 5.69 Å². The number of aromatic nitrogens is 2. The summed E-state index contributed by atoms with van der Waals surface area (Å²) in [4.78, 5) is 19.6. The molecule has 1 aromatic heterocycles. The van der Waals surface area contributed by atoms with Crippen LogP contribution in [-0.4, -0.2) is 20.4 Å². The Morgan fingerprint density at radius 2 is 2.00 bits per heavy atom.